The quantitative estimate of drug-likeness (QED) is 0.449. The van der Waals surface area contributed by atoms with E-state index >= 15 is 0 Å². The summed E-state index contributed by atoms with van der Waals surface area (Å²) in [6, 6.07) is 5.67. The van der Waals surface area contributed by atoms with Crippen molar-refractivity contribution in [3.8, 4) is 0 Å². The molecule has 8 heteroatoms. The van der Waals surface area contributed by atoms with Crippen LogP contribution in [0.15, 0.2) is 32.6 Å². The second-order valence-corrected chi connectivity index (χ2v) is 8.64. The topological polar surface area (TPSA) is 64.4 Å². The summed E-state index contributed by atoms with van der Waals surface area (Å²) in [5.41, 5.74) is 0.495. The van der Waals surface area contributed by atoms with Gasteiger partial charge in [0.05, 0.1) is 29.8 Å². The number of fused-ring (bicyclic) bond motifs is 1. The number of carbonyl (C=O) groups excluding carboxylic acids is 1. The average Bonchev–Trinajstić information content (AvgIpc) is 2.59. The van der Waals surface area contributed by atoms with Gasteiger partial charge >= 0.3 is 0 Å². The number of halogens is 1. The number of nitrogens with zero attached hydrogens (tertiary/aromatic N) is 3. The summed E-state index contributed by atoms with van der Waals surface area (Å²) in [5.74, 6) is 0.270. The zero-order valence-electron chi connectivity index (χ0n) is 16.4. The Bertz CT molecular complexity index is 859. The molecular formula is C19H26BrN3O3S. The Balaban J connectivity index is 2.37. The molecule has 0 N–H and O–H groups in total. The Morgan fingerprint density at radius 1 is 1.30 bits per heavy atom. The van der Waals surface area contributed by atoms with E-state index in [1.165, 1.54) is 11.8 Å². The normalized spacial score (nSPS) is 11.6. The minimum Gasteiger partial charge on any atom is -0.383 e. The molecule has 1 aromatic heterocycles. The van der Waals surface area contributed by atoms with E-state index in [-0.39, 0.29) is 29.3 Å². The summed E-state index contributed by atoms with van der Waals surface area (Å²) in [6.07, 6.45) is 0. The van der Waals surface area contributed by atoms with Crippen molar-refractivity contribution >= 4 is 44.5 Å². The first-order valence-corrected chi connectivity index (χ1v) is 10.7. The van der Waals surface area contributed by atoms with Crippen LogP contribution in [-0.2, 0) is 16.1 Å². The first-order chi connectivity index (χ1) is 12.8. The van der Waals surface area contributed by atoms with E-state index in [1.54, 1.807) is 17.7 Å². The van der Waals surface area contributed by atoms with Crippen LogP contribution in [0.25, 0.3) is 10.9 Å². The summed E-state index contributed by atoms with van der Waals surface area (Å²) < 4.78 is 7.55. The van der Waals surface area contributed by atoms with E-state index < -0.39 is 0 Å². The first-order valence-electron chi connectivity index (χ1n) is 8.89. The Morgan fingerprint density at radius 3 is 2.56 bits per heavy atom. The minimum atomic E-state index is -0.127. The predicted octanol–water partition coefficient (Wildman–Crippen LogP) is 3.54. The number of rotatable bonds is 8. The van der Waals surface area contributed by atoms with Gasteiger partial charge in [-0.05, 0) is 45.9 Å². The highest BCUT2D eigenvalue weighted by molar-refractivity contribution is 9.10. The minimum absolute atomic E-state index is 0.0356. The lowest BCUT2D eigenvalue weighted by Gasteiger charge is -2.30. The third kappa shape index (κ3) is 5.33. The van der Waals surface area contributed by atoms with Gasteiger partial charge in [-0.15, -0.1) is 0 Å². The Morgan fingerprint density at radius 2 is 1.96 bits per heavy atom. The Kier molecular flexibility index (Phi) is 7.88. The van der Waals surface area contributed by atoms with E-state index in [2.05, 4.69) is 20.9 Å². The molecule has 1 heterocycles. The van der Waals surface area contributed by atoms with Crippen LogP contribution >= 0.6 is 27.7 Å². The summed E-state index contributed by atoms with van der Waals surface area (Å²) in [6.45, 7) is 8.80. The molecule has 0 saturated carbocycles. The number of aromatic nitrogens is 2. The molecule has 0 aliphatic rings. The zero-order chi connectivity index (χ0) is 20.1. The van der Waals surface area contributed by atoms with Gasteiger partial charge in [-0.3, -0.25) is 14.2 Å². The molecule has 1 aromatic carbocycles. The standard InChI is InChI=1S/C19H26BrN3O3S/c1-12(2)23(13(3)4)17(24)11-27-19-21-16-7-6-14(20)10-15(16)18(25)22(19)8-9-26-5/h6-7,10,12-13H,8-9,11H2,1-5H3. The number of benzene rings is 1. The fraction of sp³-hybridized carbons (Fsp3) is 0.526. The first kappa shape index (κ1) is 21.9. The van der Waals surface area contributed by atoms with Crippen molar-refractivity contribution in [2.75, 3.05) is 19.5 Å². The Hall–Kier alpha value is -1.38. The SMILES string of the molecule is COCCn1c(SCC(=O)N(C(C)C)C(C)C)nc2ccc(Br)cc2c1=O. The largest absolute Gasteiger partial charge is 0.383 e. The lowest BCUT2D eigenvalue weighted by Crippen LogP contribution is -2.43. The summed E-state index contributed by atoms with van der Waals surface area (Å²) >= 11 is 4.69. The predicted molar refractivity (Wildman–Crippen MR) is 113 cm³/mol. The van der Waals surface area contributed by atoms with Crippen LogP contribution in [0.3, 0.4) is 0 Å². The molecule has 148 valence electrons. The fourth-order valence-corrected chi connectivity index (χ4v) is 4.29. The average molecular weight is 456 g/mol. The molecule has 0 atom stereocenters. The van der Waals surface area contributed by atoms with Gasteiger partial charge in [0.15, 0.2) is 5.16 Å². The number of carbonyl (C=O) groups is 1. The van der Waals surface area contributed by atoms with Crippen molar-refractivity contribution in [3.05, 3.63) is 33.0 Å². The fourth-order valence-electron chi connectivity index (χ4n) is 3.04. The number of methoxy groups -OCH3 is 1. The van der Waals surface area contributed by atoms with Crippen LogP contribution in [-0.4, -0.2) is 51.9 Å². The number of amides is 1. The lowest BCUT2D eigenvalue weighted by molar-refractivity contribution is -0.131. The molecule has 27 heavy (non-hydrogen) atoms. The smallest absolute Gasteiger partial charge is 0.262 e. The molecule has 0 aliphatic heterocycles. The van der Waals surface area contributed by atoms with Crippen molar-refractivity contribution in [1.29, 1.82) is 0 Å². The summed E-state index contributed by atoms with van der Waals surface area (Å²) in [7, 11) is 1.59. The molecule has 0 bridgehead atoms. The summed E-state index contributed by atoms with van der Waals surface area (Å²) in [4.78, 5) is 32.1. The van der Waals surface area contributed by atoms with E-state index in [9.17, 15) is 9.59 Å². The monoisotopic (exact) mass is 455 g/mol. The molecule has 0 unspecified atom stereocenters. The highest BCUT2D eigenvalue weighted by Gasteiger charge is 2.21. The molecule has 6 nitrogen and oxygen atoms in total. The second kappa shape index (κ2) is 9.71. The molecule has 0 spiro atoms. The van der Waals surface area contributed by atoms with E-state index in [1.807, 2.05) is 44.7 Å². The molecular weight excluding hydrogens is 430 g/mol. The third-order valence-corrected chi connectivity index (χ3v) is 5.58. The highest BCUT2D eigenvalue weighted by Crippen LogP contribution is 2.21. The van der Waals surface area contributed by atoms with Crippen LogP contribution in [0.2, 0.25) is 0 Å². The molecule has 0 fully saturated rings. The van der Waals surface area contributed by atoms with Crippen molar-refractivity contribution in [2.45, 2.75) is 51.5 Å². The van der Waals surface area contributed by atoms with E-state index in [4.69, 9.17) is 4.74 Å². The van der Waals surface area contributed by atoms with Crippen LogP contribution < -0.4 is 5.56 Å². The van der Waals surface area contributed by atoms with Crippen molar-refractivity contribution in [3.63, 3.8) is 0 Å². The lowest BCUT2D eigenvalue weighted by atomic mass is 10.2. The molecule has 0 radical (unpaired) electrons. The van der Waals surface area contributed by atoms with Gasteiger partial charge in [-0.2, -0.15) is 0 Å². The highest BCUT2D eigenvalue weighted by atomic mass is 79.9. The Labute approximate surface area is 172 Å². The van der Waals surface area contributed by atoms with Crippen LogP contribution in [0, 0.1) is 0 Å². The van der Waals surface area contributed by atoms with Crippen LogP contribution in [0.5, 0.6) is 0 Å². The molecule has 0 aliphatic carbocycles. The maximum absolute atomic E-state index is 12.9. The van der Waals surface area contributed by atoms with Crippen LogP contribution in [0.1, 0.15) is 27.7 Å². The second-order valence-electron chi connectivity index (χ2n) is 6.78. The van der Waals surface area contributed by atoms with Gasteiger partial charge in [0, 0.05) is 23.7 Å². The van der Waals surface area contributed by atoms with Crippen molar-refractivity contribution in [1.82, 2.24) is 14.5 Å². The van der Waals surface area contributed by atoms with Crippen molar-refractivity contribution in [2.24, 2.45) is 0 Å². The number of hydrogen-bond donors (Lipinski definition) is 0. The van der Waals surface area contributed by atoms with E-state index in [0.717, 1.165) is 4.47 Å². The summed E-state index contributed by atoms with van der Waals surface area (Å²) in [5, 5.41) is 1.08. The zero-order valence-corrected chi connectivity index (χ0v) is 18.8. The molecule has 1 amide bonds. The maximum Gasteiger partial charge on any atom is 0.262 e. The van der Waals surface area contributed by atoms with Gasteiger partial charge in [-0.25, -0.2) is 4.98 Å². The van der Waals surface area contributed by atoms with Crippen molar-refractivity contribution < 1.29 is 9.53 Å². The molecule has 0 saturated heterocycles. The third-order valence-electron chi connectivity index (χ3n) is 4.13. The maximum atomic E-state index is 12.9. The van der Waals surface area contributed by atoms with Gasteiger partial charge in [0.25, 0.3) is 5.56 Å². The van der Waals surface area contributed by atoms with Gasteiger partial charge < -0.3 is 9.64 Å². The van der Waals surface area contributed by atoms with Gasteiger partial charge in [-0.1, -0.05) is 27.7 Å². The van der Waals surface area contributed by atoms with Crippen LogP contribution in [0.4, 0.5) is 0 Å². The number of ether oxygens (including phenoxy) is 1. The van der Waals surface area contributed by atoms with Gasteiger partial charge in [0.2, 0.25) is 5.91 Å². The number of hydrogen-bond acceptors (Lipinski definition) is 5. The van der Waals surface area contributed by atoms with E-state index in [0.29, 0.717) is 29.2 Å². The van der Waals surface area contributed by atoms with Gasteiger partial charge in [0.1, 0.15) is 0 Å². The molecule has 2 aromatic rings. The number of thioether (sulfide) groups is 1. The molecule has 2 rings (SSSR count).